The summed E-state index contributed by atoms with van der Waals surface area (Å²) in [5.74, 6) is 0.369. The molecule has 0 radical (unpaired) electrons. The van der Waals surface area contributed by atoms with Crippen LogP contribution in [0.15, 0.2) is 52.0 Å². The fraction of sp³-hybridized carbons (Fsp3) is 0.211. The van der Waals surface area contributed by atoms with Gasteiger partial charge in [-0.2, -0.15) is 5.10 Å². The van der Waals surface area contributed by atoms with Gasteiger partial charge in [-0.05, 0) is 42.8 Å². The molecule has 0 fully saturated rings. The number of nitrogens with zero attached hydrogens (tertiary/aromatic N) is 1. The summed E-state index contributed by atoms with van der Waals surface area (Å²) in [7, 11) is 1.55. The third-order valence-corrected chi connectivity index (χ3v) is 3.88. The molecule has 2 rings (SSSR count). The number of carbonyl (C=O) groups is 2. The topological polar surface area (TPSA) is 89.0 Å². The molecule has 0 aromatic heterocycles. The van der Waals surface area contributed by atoms with Crippen molar-refractivity contribution in [3.63, 3.8) is 0 Å². The van der Waals surface area contributed by atoms with Gasteiger partial charge in [0.05, 0.1) is 19.9 Å². The molecule has 2 N–H and O–H groups in total. The van der Waals surface area contributed by atoms with Gasteiger partial charge >= 0.3 is 0 Å². The van der Waals surface area contributed by atoms with Crippen LogP contribution in [0.2, 0.25) is 0 Å². The Morgan fingerprint density at radius 2 is 2.00 bits per heavy atom. The van der Waals surface area contributed by atoms with E-state index in [0.29, 0.717) is 17.1 Å². The Balaban J connectivity index is 1.74. The molecule has 27 heavy (non-hydrogen) atoms. The Hall–Kier alpha value is -2.87. The SMILES string of the molecule is COc1ccc(Br)cc1/C=N\NC(=O)CNC(=O)COc1cccc(C)c1. The first-order valence-corrected chi connectivity index (χ1v) is 8.89. The van der Waals surface area contributed by atoms with Gasteiger partial charge in [0.25, 0.3) is 11.8 Å². The van der Waals surface area contributed by atoms with Crippen molar-refractivity contribution in [3.8, 4) is 11.5 Å². The predicted molar refractivity (Wildman–Crippen MR) is 106 cm³/mol. The molecule has 0 saturated heterocycles. The largest absolute Gasteiger partial charge is 0.496 e. The molecule has 8 heteroatoms. The second kappa shape index (κ2) is 10.3. The zero-order valence-electron chi connectivity index (χ0n) is 15.0. The van der Waals surface area contributed by atoms with Crippen LogP contribution in [-0.2, 0) is 9.59 Å². The number of hydrazone groups is 1. The number of methoxy groups -OCH3 is 1. The van der Waals surface area contributed by atoms with Crippen molar-refractivity contribution >= 4 is 34.0 Å². The quantitative estimate of drug-likeness (QED) is 0.494. The van der Waals surface area contributed by atoms with Crippen LogP contribution in [0.1, 0.15) is 11.1 Å². The Bertz CT molecular complexity index is 839. The first-order valence-electron chi connectivity index (χ1n) is 8.09. The highest BCUT2D eigenvalue weighted by atomic mass is 79.9. The minimum atomic E-state index is -0.455. The van der Waals surface area contributed by atoms with Crippen LogP contribution in [-0.4, -0.2) is 38.3 Å². The van der Waals surface area contributed by atoms with Gasteiger partial charge in [-0.1, -0.05) is 28.1 Å². The average molecular weight is 434 g/mol. The van der Waals surface area contributed by atoms with Gasteiger partial charge in [-0.15, -0.1) is 0 Å². The van der Waals surface area contributed by atoms with E-state index in [1.54, 1.807) is 25.3 Å². The number of rotatable bonds is 8. The fourth-order valence-electron chi connectivity index (χ4n) is 2.10. The molecule has 0 bridgehead atoms. The van der Waals surface area contributed by atoms with Gasteiger partial charge in [0, 0.05) is 10.0 Å². The van der Waals surface area contributed by atoms with Crippen LogP contribution in [0.4, 0.5) is 0 Å². The highest BCUT2D eigenvalue weighted by molar-refractivity contribution is 9.10. The van der Waals surface area contributed by atoms with Gasteiger partial charge in [0.2, 0.25) is 0 Å². The maximum Gasteiger partial charge on any atom is 0.259 e. The molecule has 142 valence electrons. The van der Waals surface area contributed by atoms with Crippen LogP contribution in [0.3, 0.4) is 0 Å². The molecule has 2 aromatic carbocycles. The summed E-state index contributed by atoms with van der Waals surface area (Å²) in [4.78, 5) is 23.5. The zero-order valence-corrected chi connectivity index (χ0v) is 16.6. The number of amides is 2. The molecule has 0 spiro atoms. The number of benzene rings is 2. The highest BCUT2D eigenvalue weighted by Gasteiger charge is 2.06. The second-order valence-electron chi connectivity index (χ2n) is 5.56. The van der Waals surface area contributed by atoms with Crippen molar-refractivity contribution < 1.29 is 19.1 Å². The van der Waals surface area contributed by atoms with E-state index in [1.165, 1.54) is 6.21 Å². The standard InChI is InChI=1S/C19H20BrN3O4/c1-13-4-3-5-16(8-13)27-12-19(25)21-11-18(24)23-22-10-14-9-15(20)6-7-17(14)26-2/h3-10H,11-12H2,1-2H3,(H,21,25)(H,23,24)/b22-10-. The zero-order chi connectivity index (χ0) is 19.6. The minimum Gasteiger partial charge on any atom is -0.496 e. The van der Waals surface area contributed by atoms with E-state index in [0.717, 1.165) is 10.0 Å². The summed E-state index contributed by atoms with van der Waals surface area (Å²) in [6.07, 6.45) is 1.46. The summed E-state index contributed by atoms with van der Waals surface area (Å²) in [5, 5.41) is 6.33. The number of nitrogens with one attached hydrogen (secondary N) is 2. The molecule has 0 unspecified atom stereocenters. The van der Waals surface area contributed by atoms with Crippen molar-refractivity contribution in [1.82, 2.24) is 10.7 Å². The summed E-state index contributed by atoms with van der Waals surface area (Å²) in [5.41, 5.74) is 4.07. The van der Waals surface area contributed by atoms with Crippen molar-refractivity contribution in [3.05, 3.63) is 58.1 Å². The van der Waals surface area contributed by atoms with E-state index in [1.807, 2.05) is 31.2 Å². The Morgan fingerprint density at radius 3 is 2.74 bits per heavy atom. The van der Waals surface area contributed by atoms with E-state index in [-0.39, 0.29) is 13.2 Å². The maximum atomic E-state index is 11.8. The van der Waals surface area contributed by atoms with Gasteiger partial charge in [0.1, 0.15) is 11.5 Å². The fourth-order valence-corrected chi connectivity index (χ4v) is 2.48. The average Bonchev–Trinajstić information content (AvgIpc) is 2.65. The lowest BCUT2D eigenvalue weighted by atomic mass is 10.2. The first kappa shape index (κ1) is 20.4. The molecule has 0 aliphatic rings. The Kier molecular flexibility index (Phi) is 7.81. The predicted octanol–water partition coefficient (Wildman–Crippen LogP) is 2.41. The Morgan fingerprint density at radius 1 is 1.19 bits per heavy atom. The van der Waals surface area contributed by atoms with E-state index < -0.39 is 11.8 Å². The van der Waals surface area contributed by atoms with E-state index in [9.17, 15) is 9.59 Å². The first-order chi connectivity index (χ1) is 13.0. The molecule has 0 aliphatic carbocycles. The lowest BCUT2D eigenvalue weighted by Gasteiger charge is -2.07. The molecule has 0 heterocycles. The summed E-state index contributed by atoms with van der Waals surface area (Å²) < 4.78 is 11.4. The van der Waals surface area contributed by atoms with Gasteiger partial charge < -0.3 is 14.8 Å². The number of ether oxygens (including phenoxy) is 2. The van der Waals surface area contributed by atoms with Crippen molar-refractivity contribution in [2.75, 3.05) is 20.3 Å². The number of halogens is 1. The van der Waals surface area contributed by atoms with Gasteiger partial charge in [-0.25, -0.2) is 5.43 Å². The van der Waals surface area contributed by atoms with Gasteiger partial charge in [0.15, 0.2) is 6.61 Å². The minimum absolute atomic E-state index is 0.171. The Labute approximate surface area is 165 Å². The van der Waals surface area contributed by atoms with Crippen molar-refractivity contribution in [2.45, 2.75) is 6.92 Å². The second-order valence-corrected chi connectivity index (χ2v) is 6.48. The van der Waals surface area contributed by atoms with Crippen LogP contribution < -0.4 is 20.2 Å². The summed E-state index contributed by atoms with van der Waals surface area (Å²) in [6.45, 7) is 1.56. The normalized spacial score (nSPS) is 10.5. The van der Waals surface area contributed by atoms with E-state index in [2.05, 4.69) is 31.8 Å². The number of hydrogen-bond acceptors (Lipinski definition) is 5. The third-order valence-electron chi connectivity index (χ3n) is 3.39. The van der Waals surface area contributed by atoms with Crippen molar-refractivity contribution in [1.29, 1.82) is 0 Å². The van der Waals surface area contributed by atoms with Crippen LogP contribution >= 0.6 is 15.9 Å². The molecule has 2 amide bonds. The van der Waals surface area contributed by atoms with Crippen LogP contribution in [0.5, 0.6) is 11.5 Å². The third kappa shape index (κ3) is 7.10. The lowest BCUT2D eigenvalue weighted by molar-refractivity contribution is -0.127. The number of carbonyl (C=O) groups excluding carboxylic acids is 2. The molecule has 0 atom stereocenters. The maximum absolute atomic E-state index is 11.8. The van der Waals surface area contributed by atoms with Gasteiger partial charge in [-0.3, -0.25) is 9.59 Å². The molecule has 7 nitrogen and oxygen atoms in total. The smallest absolute Gasteiger partial charge is 0.259 e. The molecule has 0 saturated carbocycles. The molecule has 0 aliphatic heterocycles. The number of aryl methyl sites for hydroxylation is 1. The summed E-state index contributed by atoms with van der Waals surface area (Å²) in [6, 6.07) is 12.8. The van der Waals surface area contributed by atoms with Crippen LogP contribution in [0.25, 0.3) is 0 Å². The molecular formula is C19H20BrN3O4. The van der Waals surface area contributed by atoms with Crippen molar-refractivity contribution in [2.24, 2.45) is 5.10 Å². The molecular weight excluding hydrogens is 414 g/mol. The number of hydrogen-bond donors (Lipinski definition) is 2. The van der Waals surface area contributed by atoms with Crippen LogP contribution in [0, 0.1) is 6.92 Å². The highest BCUT2D eigenvalue weighted by Crippen LogP contribution is 2.21. The monoisotopic (exact) mass is 433 g/mol. The molecule has 2 aromatic rings. The van der Waals surface area contributed by atoms with E-state index >= 15 is 0 Å². The van der Waals surface area contributed by atoms with E-state index in [4.69, 9.17) is 9.47 Å². The lowest BCUT2D eigenvalue weighted by Crippen LogP contribution is -2.37. The summed E-state index contributed by atoms with van der Waals surface area (Å²) >= 11 is 3.36.